The second kappa shape index (κ2) is 6.16. The molecule has 1 heterocycles. The fourth-order valence-corrected chi connectivity index (χ4v) is 2.66. The van der Waals surface area contributed by atoms with Gasteiger partial charge in [0, 0.05) is 11.1 Å². The van der Waals surface area contributed by atoms with E-state index in [2.05, 4.69) is 6.92 Å². The molecule has 4 nitrogen and oxygen atoms in total. The highest BCUT2D eigenvalue weighted by Gasteiger charge is 2.32. The normalized spacial score (nSPS) is 13.1. The van der Waals surface area contributed by atoms with Gasteiger partial charge in [-0.3, -0.25) is 0 Å². The molecule has 0 fully saturated rings. The first-order valence-electron chi connectivity index (χ1n) is 7.17. The van der Waals surface area contributed by atoms with E-state index in [1.54, 1.807) is 7.11 Å². The molecule has 0 bridgehead atoms. The number of fused-ring (bicyclic) bond motifs is 1. The fraction of sp³-hybridized carbons (Fsp3) is 0.562. The molecule has 0 spiro atoms. The van der Waals surface area contributed by atoms with Gasteiger partial charge < -0.3 is 14.2 Å². The van der Waals surface area contributed by atoms with E-state index in [4.69, 9.17) is 14.2 Å². The van der Waals surface area contributed by atoms with E-state index >= 15 is 0 Å². The van der Waals surface area contributed by atoms with Crippen molar-refractivity contribution >= 4 is 5.97 Å². The van der Waals surface area contributed by atoms with E-state index in [0.29, 0.717) is 24.5 Å². The van der Waals surface area contributed by atoms with Crippen LogP contribution in [0.4, 0.5) is 0 Å². The van der Waals surface area contributed by atoms with Crippen LogP contribution in [-0.4, -0.2) is 19.7 Å². The molecule has 0 saturated heterocycles. The number of hydrogen-bond donors (Lipinski definition) is 0. The zero-order valence-electron chi connectivity index (χ0n) is 12.7. The summed E-state index contributed by atoms with van der Waals surface area (Å²) in [6.07, 6.45) is 2.68. The number of rotatable bonds is 6. The van der Waals surface area contributed by atoms with Crippen LogP contribution in [0.15, 0.2) is 0 Å². The van der Waals surface area contributed by atoms with Crippen LogP contribution in [-0.2, 0) is 17.8 Å². The monoisotopic (exact) mass is 278 g/mol. The molecular weight excluding hydrogens is 256 g/mol. The number of carbonyl (C=O) groups is 1. The van der Waals surface area contributed by atoms with Crippen molar-refractivity contribution in [2.45, 2.75) is 46.6 Å². The maximum Gasteiger partial charge on any atom is 0.342 e. The largest absolute Gasteiger partial charge is 0.496 e. The smallest absolute Gasteiger partial charge is 0.342 e. The van der Waals surface area contributed by atoms with Gasteiger partial charge in [0.15, 0.2) is 0 Å². The van der Waals surface area contributed by atoms with Crippen molar-refractivity contribution in [3.8, 4) is 11.5 Å². The fourth-order valence-electron chi connectivity index (χ4n) is 2.66. The number of hydrogen-bond acceptors (Lipinski definition) is 4. The van der Waals surface area contributed by atoms with E-state index in [1.165, 1.54) is 0 Å². The van der Waals surface area contributed by atoms with Crippen molar-refractivity contribution < 1.29 is 19.0 Å². The Morgan fingerprint density at radius 1 is 1.20 bits per heavy atom. The molecule has 0 unspecified atom stereocenters. The summed E-state index contributed by atoms with van der Waals surface area (Å²) in [4.78, 5) is 12.0. The third kappa shape index (κ3) is 2.35. The number of methoxy groups -OCH3 is 1. The van der Waals surface area contributed by atoms with Gasteiger partial charge in [0.05, 0.1) is 13.7 Å². The average Bonchev–Trinajstić information content (AvgIpc) is 2.82. The highest BCUT2D eigenvalue weighted by molar-refractivity contribution is 5.98. The van der Waals surface area contributed by atoms with Crippen LogP contribution in [0, 0.1) is 6.92 Å². The van der Waals surface area contributed by atoms with Gasteiger partial charge in [0.2, 0.25) is 0 Å². The minimum absolute atomic E-state index is 0.283. The van der Waals surface area contributed by atoms with E-state index < -0.39 is 0 Å². The van der Waals surface area contributed by atoms with Crippen molar-refractivity contribution in [1.82, 2.24) is 0 Å². The van der Waals surface area contributed by atoms with Crippen molar-refractivity contribution in [2.75, 3.05) is 13.7 Å². The molecule has 0 atom stereocenters. The lowest BCUT2D eigenvalue weighted by atomic mass is 9.95. The van der Waals surface area contributed by atoms with E-state index in [9.17, 15) is 4.79 Å². The summed E-state index contributed by atoms with van der Waals surface area (Å²) in [6.45, 7) is 7.02. The van der Waals surface area contributed by atoms with Crippen molar-refractivity contribution in [3.05, 3.63) is 22.3 Å². The first-order valence-corrected chi connectivity index (χ1v) is 7.17. The lowest BCUT2D eigenvalue weighted by Gasteiger charge is -2.19. The zero-order valence-corrected chi connectivity index (χ0v) is 12.7. The summed E-state index contributed by atoms with van der Waals surface area (Å²) in [5.74, 6) is 1.21. The van der Waals surface area contributed by atoms with Gasteiger partial charge in [-0.1, -0.05) is 20.3 Å². The predicted octanol–water partition coefficient (Wildman–Crippen LogP) is 3.42. The van der Waals surface area contributed by atoms with Crippen LogP contribution in [0.3, 0.4) is 0 Å². The highest BCUT2D eigenvalue weighted by Crippen LogP contribution is 2.42. The van der Waals surface area contributed by atoms with Gasteiger partial charge in [-0.05, 0) is 25.3 Å². The number of carbonyl (C=O) groups excluding carboxylic acids is 1. The van der Waals surface area contributed by atoms with Crippen LogP contribution in [0.2, 0.25) is 0 Å². The van der Waals surface area contributed by atoms with Gasteiger partial charge in [0.25, 0.3) is 0 Å². The molecule has 1 aromatic rings. The molecule has 2 rings (SSSR count). The molecule has 0 aromatic heterocycles. The molecule has 4 heteroatoms. The zero-order chi connectivity index (χ0) is 14.7. The number of esters is 1. The van der Waals surface area contributed by atoms with E-state index in [1.807, 2.05) is 13.8 Å². The third-order valence-electron chi connectivity index (χ3n) is 3.58. The Balaban J connectivity index is 2.65. The predicted molar refractivity (Wildman–Crippen MR) is 76.6 cm³/mol. The van der Waals surface area contributed by atoms with Crippen LogP contribution in [0.25, 0.3) is 0 Å². The van der Waals surface area contributed by atoms with Gasteiger partial charge >= 0.3 is 5.97 Å². The molecule has 20 heavy (non-hydrogen) atoms. The summed E-state index contributed by atoms with van der Waals surface area (Å²) < 4.78 is 16.6. The Hall–Kier alpha value is -1.71. The van der Waals surface area contributed by atoms with Crippen molar-refractivity contribution in [3.63, 3.8) is 0 Å². The lowest BCUT2D eigenvalue weighted by Crippen LogP contribution is -2.09. The Labute approximate surface area is 120 Å². The van der Waals surface area contributed by atoms with Crippen molar-refractivity contribution in [2.24, 2.45) is 0 Å². The van der Waals surface area contributed by atoms with Gasteiger partial charge in [-0.2, -0.15) is 0 Å². The number of ether oxygens (including phenoxy) is 3. The van der Waals surface area contributed by atoms with Gasteiger partial charge in [0.1, 0.15) is 23.7 Å². The summed E-state index contributed by atoms with van der Waals surface area (Å²) in [5.41, 5.74) is 3.47. The molecule has 0 radical (unpaired) electrons. The summed E-state index contributed by atoms with van der Waals surface area (Å²) in [5, 5.41) is 0. The topological polar surface area (TPSA) is 44.8 Å². The summed E-state index contributed by atoms with van der Waals surface area (Å²) in [6, 6.07) is 0. The minimum Gasteiger partial charge on any atom is -0.496 e. The third-order valence-corrected chi connectivity index (χ3v) is 3.58. The number of benzene rings is 1. The highest BCUT2D eigenvalue weighted by atomic mass is 16.5. The van der Waals surface area contributed by atoms with Crippen LogP contribution >= 0.6 is 0 Å². The molecular formula is C16H22O4. The Kier molecular flexibility index (Phi) is 4.53. The number of cyclic esters (lactones) is 1. The SMILES string of the molecule is CCCOc1c(CCC)c(OC)c(C)c2c1C(=O)OC2. The summed E-state index contributed by atoms with van der Waals surface area (Å²) in [7, 11) is 1.66. The van der Waals surface area contributed by atoms with E-state index in [0.717, 1.165) is 41.7 Å². The molecule has 0 aliphatic carbocycles. The Bertz CT molecular complexity index is 520. The molecule has 110 valence electrons. The first kappa shape index (κ1) is 14.7. The van der Waals surface area contributed by atoms with Crippen molar-refractivity contribution in [1.29, 1.82) is 0 Å². The maximum absolute atomic E-state index is 12.0. The van der Waals surface area contributed by atoms with Crippen LogP contribution in [0.5, 0.6) is 11.5 Å². The maximum atomic E-state index is 12.0. The molecule has 1 aliphatic heterocycles. The van der Waals surface area contributed by atoms with E-state index in [-0.39, 0.29) is 5.97 Å². The van der Waals surface area contributed by atoms with Crippen LogP contribution in [0.1, 0.15) is 53.7 Å². The van der Waals surface area contributed by atoms with Gasteiger partial charge in [-0.25, -0.2) is 4.79 Å². The first-order chi connectivity index (χ1) is 9.65. The standard InChI is InChI=1S/C16H22O4/c1-5-7-11-14(18-4)10(3)12-9-20-16(17)13(12)15(11)19-8-6-2/h5-9H2,1-4H3. The summed E-state index contributed by atoms with van der Waals surface area (Å²) >= 11 is 0. The second-order valence-corrected chi connectivity index (χ2v) is 4.99. The quantitative estimate of drug-likeness (QED) is 0.748. The molecule has 1 aromatic carbocycles. The lowest BCUT2D eigenvalue weighted by molar-refractivity contribution is 0.0532. The van der Waals surface area contributed by atoms with Gasteiger partial charge in [-0.15, -0.1) is 0 Å². The Morgan fingerprint density at radius 2 is 1.95 bits per heavy atom. The van der Waals surface area contributed by atoms with Crippen LogP contribution < -0.4 is 9.47 Å². The molecule has 0 N–H and O–H groups in total. The minimum atomic E-state index is -0.283. The molecule has 0 saturated carbocycles. The average molecular weight is 278 g/mol. The molecule has 1 aliphatic rings. The second-order valence-electron chi connectivity index (χ2n) is 4.99. The Morgan fingerprint density at radius 3 is 2.55 bits per heavy atom. The molecule has 0 amide bonds.